The van der Waals surface area contributed by atoms with Crippen LogP contribution in [0.5, 0.6) is 11.5 Å². The Morgan fingerprint density at radius 1 is 1.00 bits per heavy atom. The van der Waals surface area contributed by atoms with E-state index in [1.807, 2.05) is 55.5 Å². The van der Waals surface area contributed by atoms with Gasteiger partial charge in [-0.15, -0.1) is 0 Å². The Hall–Kier alpha value is -3.02. The second-order valence-electron chi connectivity index (χ2n) is 8.50. The van der Waals surface area contributed by atoms with Gasteiger partial charge in [-0.25, -0.2) is 0 Å². The van der Waals surface area contributed by atoms with Crippen LogP contribution >= 0.6 is 0 Å². The number of hydrogen-bond donors (Lipinski definition) is 1. The minimum atomic E-state index is -0.624. The molecule has 0 radical (unpaired) electrons. The molecular formula is C25H34N2O4. The molecular weight excluding hydrogens is 392 g/mol. The average Bonchev–Trinajstić information content (AvgIpc) is 2.75. The summed E-state index contributed by atoms with van der Waals surface area (Å²) in [5.74, 6) is 0.908. The summed E-state index contributed by atoms with van der Waals surface area (Å²) >= 11 is 0. The topological polar surface area (TPSA) is 67.9 Å². The number of ether oxygens (including phenoxy) is 2. The van der Waals surface area contributed by atoms with Crippen LogP contribution in [0.4, 0.5) is 0 Å². The maximum atomic E-state index is 13.0. The van der Waals surface area contributed by atoms with E-state index in [0.29, 0.717) is 18.8 Å². The number of hydrogen-bond acceptors (Lipinski definition) is 4. The number of rotatable bonds is 9. The van der Waals surface area contributed by atoms with Crippen LogP contribution < -0.4 is 14.8 Å². The van der Waals surface area contributed by atoms with Gasteiger partial charge in [-0.05, 0) is 54.7 Å². The van der Waals surface area contributed by atoms with Crippen LogP contribution in [0, 0.1) is 0 Å². The quantitative estimate of drug-likeness (QED) is 0.660. The van der Waals surface area contributed by atoms with E-state index in [0.717, 1.165) is 11.3 Å². The zero-order valence-corrected chi connectivity index (χ0v) is 19.4. The molecule has 0 bridgehead atoms. The average molecular weight is 427 g/mol. The van der Waals surface area contributed by atoms with Gasteiger partial charge in [-0.2, -0.15) is 0 Å². The lowest BCUT2D eigenvalue weighted by atomic mass is 9.87. The van der Waals surface area contributed by atoms with Crippen molar-refractivity contribution in [3.05, 3.63) is 59.7 Å². The Kier molecular flexibility index (Phi) is 8.48. The minimum Gasteiger partial charge on any atom is -0.497 e. The van der Waals surface area contributed by atoms with E-state index in [1.54, 1.807) is 14.0 Å². The Bertz CT molecular complexity index is 855. The molecule has 0 saturated carbocycles. The molecule has 6 heteroatoms. The van der Waals surface area contributed by atoms with E-state index >= 15 is 0 Å². The zero-order valence-electron chi connectivity index (χ0n) is 19.4. The van der Waals surface area contributed by atoms with Crippen molar-refractivity contribution in [2.45, 2.75) is 52.6 Å². The van der Waals surface area contributed by atoms with Crippen LogP contribution in [0.3, 0.4) is 0 Å². The number of nitrogens with one attached hydrogen (secondary N) is 1. The van der Waals surface area contributed by atoms with Crippen LogP contribution in [-0.2, 0) is 21.5 Å². The molecule has 0 spiro atoms. The van der Waals surface area contributed by atoms with Gasteiger partial charge in [0.05, 0.1) is 7.11 Å². The summed E-state index contributed by atoms with van der Waals surface area (Å²) in [6.45, 7) is 10.7. The van der Waals surface area contributed by atoms with Gasteiger partial charge in [0.1, 0.15) is 17.5 Å². The van der Waals surface area contributed by atoms with E-state index in [4.69, 9.17) is 9.47 Å². The normalized spacial score (nSPS) is 12.1. The van der Waals surface area contributed by atoms with Gasteiger partial charge in [-0.3, -0.25) is 9.59 Å². The van der Waals surface area contributed by atoms with Crippen molar-refractivity contribution in [3.63, 3.8) is 0 Å². The molecule has 168 valence electrons. The number of nitrogens with zero attached hydrogens (tertiary/aromatic N) is 1. The van der Waals surface area contributed by atoms with Crippen molar-refractivity contribution in [2.75, 3.05) is 20.3 Å². The summed E-state index contributed by atoms with van der Waals surface area (Å²) in [6, 6.07) is 14.6. The summed E-state index contributed by atoms with van der Waals surface area (Å²) in [5, 5.41) is 2.79. The highest BCUT2D eigenvalue weighted by molar-refractivity contribution is 5.87. The standard InChI is InChI=1S/C25H34N2O4/c1-7-26-24(29)18(2)27(16-19-8-12-21(30-6)13-9-19)23(28)17-31-22-14-10-20(11-15-22)25(3,4)5/h8-15,18H,7,16-17H2,1-6H3,(H,26,29)/t18-/m0/s1. The first kappa shape index (κ1) is 24.3. The molecule has 6 nitrogen and oxygen atoms in total. The number of methoxy groups -OCH3 is 1. The lowest BCUT2D eigenvalue weighted by Gasteiger charge is -2.28. The van der Waals surface area contributed by atoms with E-state index in [-0.39, 0.29) is 23.8 Å². The maximum absolute atomic E-state index is 13.0. The molecule has 0 aromatic heterocycles. The predicted octanol–water partition coefficient (Wildman–Crippen LogP) is 3.92. The molecule has 2 amide bonds. The van der Waals surface area contributed by atoms with Crippen molar-refractivity contribution in [2.24, 2.45) is 0 Å². The Morgan fingerprint density at radius 2 is 1.58 bits per heavy atom. The highest BCUT2D eigenvalue weighted by Gasteiger charge is 2.26. The van der Waals surface area contributed by atoms with E-state index < -0.39 is 6.04 Å². The zero-order chi connectivity index (χ0) is 23.0. The molecule has 0 aliphatic rings. The number of benzene rings is 2. The molecule has 1 atom stereocenters. The molecule has 0 aliphatic heterocycles. The number of amides is 2. The van der Waals surface area contributed by atoms with Crippen molar-refractivity contribution in [3.8, 4) is 11.5 Å². The SMILES string of the molecule is CCNC(=O)[C@H](C)N(Cc1ccc(OC)cc1)C(=O)COc1ccc(C(C)(C)C)cc1. The van der Waals surface area contributed by atoms with Crippen molar-refractivity contribution >= 4 is 11.8 Å². The van der Waals surface area contributed by atoms with Crippen molar-refractivity contribution < 1.29 is 19.1 Å². The highest BCUT2D eigenvalue weighted by Crippen LogP contribution is 2.24. The van der Waals surface area contributed by atoms with Crippen molar-refractivity contribution in [1.29, 1.82) is 0 Å². The molecule has 2 aromatic rings. The summed E-state index contributed by atoms with van der Waals surface area (Å²) in [4.78, 5) is 27.0. The van der Waals surface area contributed by atoms with Crippen LogP contribution in [0.1, 0.15) is 45.7 Å². The largest absolute Gasteiger partial charge is 0.497 e. The molecule has 0 aliphatic carbocycles. The maximum Gasteiger partial charge on any atom is 0.261 e. The van der Waals surface area contributed by atoms with Crippen LogP contribution in [0.25, 0.3) is 0 Å². The Balaban J connectivity index is 2.11. The lowest BCUT2D eigenvalue weighted by Crippen LogP contribution is -2.49. The van der Waals surface area contributed by atoms with Gasteiger partial charge in [-0.1, -0.05) is 45.0 Å². The number of carbonyl (C=O) groups excluding carboxylic acids is 2. The second-order valence-corrected chi connectivity index (χ2v) is 8.50. The fourth-order valence-electron chi connectivity index (χ4n) is 3.11. The van der Waals surface area contributed by atoms with Crippen molar-refractivity contribution in [1.82, 2.24) is 10.2 Å². The van der Waals surface area contributed by atoms with Crippen LogP contribution in [-0.4, -0.2) is 43.0 Å². The van der Waals surface area contributed by atoms with Gasteiger partial charge in [0, 0.05) is 13.1 Å². The first-order valence-electron chi connectivity index (χ1n) is 10.6. The van der Waals surface area contributed by atoms with Crippen LogP contribution in [0.15, 0.2) is 48.5 Å². The third-order valence-corrected chi connectivity index (χ3v) is 5.11. The summed E-state index contributed by atoms with van der Waals surface area (Å²) in [7, 11) is 1.60. The second kappa shape index (κ2) is 10.8. The summed E-state index contributed by atoms with van der Waals surface area (Å²) < 4.78 is 10.9. The molecule has 0 saturated heterocycles. The van der Waals surface area contributed by atoms with E-state index in [2.05, 4.69) is 26.1 Å². The highest BCUT2D eigenvalue weighted by atomic mass is 16.5. The van der Waals surface area contributed by atoms with Gasteiger partial charge in [0.25, 0.3) is 5.91 Å². The number of likely N-dealkylation sites (N-methyl/N-ethyl adjacent to an activating group) is 1. The first-order valence-corrected chi connectivity index (χ1v) is 10.6. The van der Waals surface area contributed by atoms with Gasteiger partial charge in [0.15, 0.2) is 6.61 Å². The first-order chi connectivity index (χ1) is 14.7. The monoisotopic (exact) mass is 426 g/mol. The van der Waals surface area contributed by atoms with Gasteiger partial charge < -0.3 is 19.7 Å². The lowest BCUT2D eigenvalue weighted by molar-refractivity contribution is -0.142. The molecule has 0 fully saturated rings. The minimum absolute atomic E-state index is 0.0472. The molecule has 0 unspecified atom stereocenters. The van der Waals surface area contributed by atoms with E-state index in [9.17, 15) is 9.59 Å². The van der Waals surface area contributed by atoms with Crippen LogP contribution in [0.2, 0.25) is 0 Å². The van der Waals surface area contributed by atoms with E-state index in [1.165, 1.54) is 10.5 Å². The smallest absolute Gasteiger partial charge is 0.261 e. The fourth-order valence-corrected chi connectivity index (χ4v) is 3.11. The fraction of sp³-hybridized carbons (Fsp3) is 0.440. The predicted molar refractivity (Wildman–Crippen MR) is 122 cm³/mol. The van der Waals surface area contributed by atoms with Gasteiger partial charge in [0.2, 0.25) is 5.91 Å². The third kappa shape index (κ3) is 7.02. The molecule has 31 heavy (non-hydrogen) atoms. The Labute approximate surface area is 185 Å². The third-order valence-electron chi connectivity index (χ3n) is 5.11. The van der Waals surface area contributed by atoms with Gasteiger partial charge >= 0.3 is 0 Å². The Morgan fingerprint density at radius 3 is 2.10 bits per heavy atom. The molecule has 1 N–H and O–H groups in total. The summed E-state index contributed by atoms with van der Waals surface area (Å²) in [5.41, 5.74) is 2.14. The summed E-state index contributed by atoms with van der Waals surface area (Å²) in [6.07, 6.45) is 0. The molecule has 2 aromatic carbocycles. The molecule has 0 heterocycles. The number of carbonyl (C=O) groups is 2. The molecule has 2 rings (SSSR count).